The first kappa shape index (κ1) is 12.4. The molecule has 0 bridgehead atoms. The van der Waals surface area contributed by atoms with E-state index < -0.39 is 0 Å². The van der Waals surface area contributed by atoms with Gasteiger partial charge in [-0.15, -0.1) is 0 Å². The van der Waals surface area contributed by atoms with Crippen molar-refractivity contribution in [2.24, 2.45) is 7.05 Å². The monoisotopic (exact) mass is 255 g/mol. The van der Waals surface area contributed by atoms with Gasteiger partial charge in [-0.05, 0) is 36.9 Å². The standard InChI is InChI=1S/C16H21N3/c1-18-13-14(12-17-18)9-11-19-10-5-8-16(19)15-6-3-2-4-7-15/h2-4,6-7,12-13,16H,5,8-11H2,1H3. The maximum Gasteiger partial charge on any atom is 0.0522 e. The first-order valence-electron chi connectivity index (χ1n) is 7.09. The molecular weight excluding hydrogens is 234 g/mol. The van der Waals surface area contributed by atoms with Crippen LogP contribution in [0, 0.1) is 0 Å². The number of hydrogen-bond donors (Lipinski definition) is 0. The van der Waals surface area contributed by atoms with Crippen molar-refractivity contribution in [1.29, 1.82) is 0 Å². The van der Waals surface area contributed by atoms with Gasteiger partial charge < -0.3 is 0 Å². The fraction of sp³-hybridized carbons (Fsp3) is 0.438. The Bertz CT molecular complexity index is 518. The van der Waals surface area contributed by atoms with Gasteiger partial charge in [-0.1, -0.05) is 30.3 Å². The van der Waals surface area contributed by atoms with E-state index in [0.29, 0.717) is 6.04 Å². The maximum absolute atomic E-state index is 4.24. The van der Waals surface area contributed by atoms with Crippen LogP contribution in [0.3, 0.4) is 0 Å². The van der Waals surface area contributed by atoms with E-state index in [1.807, 2.05) is 17.9 Å². The topological polar surface area (TPSA) is 21.1 Å². The molecule has 3 heteroatoms. The third kappa shape index (κ3) is 2.87. The van der Waals surface area contributed by atoms with Crippen molar-refractivity contribution in [3.63, 3.8) is 0 Å². The molecule has 1 aliphatic rings. The van der Waals surface area contributed by atoms with Gasteiger partial charge in [0.2, 0.25) is 0 Å². The van der Waals surface area contributed by atoms with Crippen LogP contribution < -0.4 is 0 Å². The van der Waals surface area contributed by atoms with Crippen LogP contribution in [0.4, 0.5) is 0 Å². The number of likely N-dealkylation sites (tertiary alicyclic amines) is 1. The summed E-state index contributed by atoms with van der Waals surface area (Å²) in [5.41, 5.74) is 2.80. The summed E-state index contributed by atoms with van der Waals surface area (Å²) < 4.78 is 1.88. The fourth-order valence-electron chi connectivity index (χ4n) is 3.02. The third-order valence-electron chi connectivity index (χ3n) is 3.99. The summed E-state index contributed by atoms with van der Waals surface area (Å²) in [4.78, 5) is 2.61. The number of aromatic nitrogens is 2. The molecule has 1 aromatic carbocycles. The van der Waals surface area contributed by atoms with E-state index in [0.717, 1.165) is 13.0 Å². The molecule has 1 atom stereocenters. The minimum atomic E-state index is 0.609. The van der Waals surface area contributed by atoms with Crippen LogP contribution in [0.2, 0.25) is 0 Å². The summed E-state index contributed by atoms with van der Waals surface area (Å²) in [6, 6.07) is 11.5. The molecule has 3 nitrogen and oxygen atoms in total. The van der Waals surface area contributed by atoms with Crippen LogP contribution in [0.25, 0.3) is 0 Å². The second-order valence-electron chi connectivity index (χ2n) is 5.38. The van der Waals surface area contributed by atoms with Crippen molar-refractivity contribution in [2.45, 2.75) is 25.3 Å². The van der Waals surface area contributed by atoms with E-state index in [9.17, 15) is 0 Å². The predicted octanol–water partition coefficient (Wildman–Crippen LogP) is 2.80. The van der Waals surface area contributed by atoms with Crippen LogP contribution in [0.5, 0.6) is 0 Å². The SMILES string of the molecule is Cn1cc(CCN2CCCC2c2ccccc2)cn1. The molecule has 0 N–H and O–H groups in total. The Morgan fingerprint density at radius 2 is 2.11 bits per heavy atom. The van der Waals surface area contributed by atoms with E-state index >= 15 is 0 Å². The van der Waals surface area contributed by atoms with Gasteiger partial charge in [0.25, 0.3) is 0 Å². The van der Waals surface area contributed by atoms with E-state index in [-0.39, 0.29) is 0 Å². The highest BCUT2D eigenvalue weighted by molar-refractivity contribution is 5.20. The Hall–Kier alpha value is -1.61. The van der Waals surface area contributed by atoms with E-state index in [4.69, 9.17) is 0 Å². The first-order valence-corrected chi connectivity index (χ1v) is 7.09. The number of nitrogens with zero attached hydrogens (tertiary/aromatic N) is 3. The Morgan fingerprint density at radius 1 is 1.26 bits per heavy atom. The zero-order valence-electron chi connectivity index (χ0n) is 11.5. The molecule has 0 amide bonds. The smallest absolute Gasteiger partial charge is 0.0522 e. The summed E-state index contributed by atoms with van der Waals surface area (Å²) >= 11 is 0. The number of aryl methyl sites for hydroxylation is 1. The molecule has 0 aliphatic carbocycles. The van der Waals surface area contributed by atoms with Crippen molar-refractivity contribution in [3.05, 3.63) is 53.9 Å². The Balaban J connectivity index is 1.64. The summed E-state index contributed by atoms with van der Waals surface area (Å²) in [7, 11) is 1.98. The molecule has 1 fully saturated rings. The highest BCUT2D eigenvalue weighted by atomic mass is 15.2. The molecule has 0 saturated carbocycles. The Labute approximate surface area is 114 Å². The average Bonchev–Trinajstić information content (AvgIpc) is 3.06. The minimum absolute atomic E-state index is 0.609. The molecule has 2 aromatic rings. The van der Waals surface area contributed by atoms with Crippen molar-refractivity contribution in [3.8, 4) is 0 Å². The fourth-order valence-corrected chi connectivity index (χ4v) is 3.02. The van der Waals surface area contributed by atoms with Crippen LogP contribution >= 0.6 is 0 Å². The van der Waals surface area contributed by atoms with Gasteiger partial charge in [-0.3, -0.25) is 9.58 Å². The number of benzene rings is 1. The quantitative estimate of drug-likeness (QED) is 0.837. The van der Waals surface area contributed by atoms with Gasteiger partial charge in [0.15, 0.2) is 0 Å². The Kier molecular flexibility index (Phi) is 3.65. The van der Waals surface area contributed by atoms with Crippen LogP contribution in [0.15, 0.2) is 42.7 Å². The summed E-state index contributed by atoms with van der Waals surface area (Å²) in [5, 5.41) is 4.24. The lowest BCUT2D eigenvalue weighted by molar-refractivity contribution is 0.260. The molecule has 0 spiro atoms. The molecule has 0 radical (unpaired) electrons. The van der Waals surface area contributed by atoms with Crippen LogP contribution in [0.1, 0.15) is 30.0 Å². The van der Waals surface area contributed by atoms with Crippen LogP contribution in [-0.2, 0) is 13.5 Å². The molecule has 1 saturated heterocycles. The highest BCUT2D eigenvalue weighted by Gasteiger charge is 2.25. The minimum Gasteiger partial charge on any atom is -0.296 e. The molecule has 19 heavy (non-hydrogen) atoms. The van der Waals surface area contributed by atoms with Gasteiger partial charge in [-0.25, -0.2) is 0 Å². The Morgan fingerprint density at radius 3 is 2.84 bits per heavy atom. The molecule has 1 aromatic heterocycles. The predicted molar refractivity (Wildman–Crippen MR) is 76.9 cm³/mol. The van der Waals surface area contributed by atoms with E-state index in [1.165, 1.54) is 30.5 Å². The third-order valence-corrected chi connectivity index (χ3v) is 3.99. The average molecular weight is 255 g/mol. The maximum atomic E-state index is 4.24. The van der Waals surface area contributed by atoms with Gasteiger partial charge >= 0.3 is 0 Å². The number of rotatable bonds is 4. The highest BCUT2D eigenvalue weighted by Crippen LogP contribution is 2.31. The van der Waals surface area contributed by atoms with Gasteiger partial charge in [0, 0.05) is 25.8 Å². The number of hydrogen-bond acceptors (Lipinski definition) is 2. The van der Waals surface area contributed by atoms with Crippen molar-refractivity contribution < 1.29 is 0 Å². The molecule has 2 heterocycles. The zero-order valence-corrected chi connectivity index (χ0v) is 11.5. The second kappa shape index (κ2) is 5.57. The lowest BCUT2D eigenvalue weighted by Crippen LogP contribution is -2.25. The lowest BCUT2D eigenvalue weighted by Gasteiger charge is -2.24. The zero-order chi connectivity index (χ0) is 13.1. The molecule has 3 rings (SSSR count). The van der Waals surface area contributed by atoms with Crippen LogP contribution in [-0.4, -0.2) is 27.8 Å². The van der Waals surface area contributed by atoms with Crippen molar-refractivity contribution in [1.82, 2.24) is 14.7 Å². The van der Waals surface area contributed by atoms with Crippen molar-refractivity contribution in [2.75, 3.05) is 13.1 Å². The first-order chi connectivity index (χ1) is 9.33. The summed E-state index contributed by atoms with van der Waals surface area (Å²) in [6.07, 6.45) is 7.79. The summed E-state index contributed by atoms with van der Waals surface area (Å²) in [6.45, 7) is 2.35. The van der Waals surface area contributed by atoms with Gasteiger partial charge in [-0.2, -0.15) is 5.10 Å². The lowest BCUT2D eigenvalue weighted by atomic mass is 10.0. The molecule has 100 valence electrons. The molecule has 1 unspecified atom stereocenters. The second-order valence-corrected chi connectivity index (χ2v) is 5.38. The molecular formula is C16H21N3. The van der Waals surface area contributed by atoms with E-state index in [1.54, 1.807) is 0 Å². The van der Waals surface area contributed by atoms with Gasteiger partial charge in [0.1, 0.15) is 0 Å². The largest absolute Gasteiger partial charge is 0.296 e. The van der Waals surface area contributed by atoms with Gasteiger partial charge in [0.05, 0.1) is 6.20 Å². The van der Waals surface area contributed by atoms with Crippen molar-refractivity contribution >= 4 is 0 Å². The summed E-state index contributed by atoms with van der Waals surface area (Å²) in [5.74, 6) is 0. The van der Waals surface area contributed by atoms with E-state index in [2.05, 4.69) is 46.5 Å². The normalized spacial score (nSPS) is 19.9. The molecule has 1 aliphatic heterocycles.